The molecule has 1 aliphatic heterocycles. The van der Waals surface area contributed by atoms with Crippen LogP contribution in [0.25, 0.3) is 0 Å². The maximum atomic E-state index is 12.5. The van der Waals surface area contributed by atoms with Crippen molar-refractivity contribution >= 4 is 45.9 Å². The highest BCUT2D eigenvalue weighted by Gasteiger charge is 2.17. The first-order chi connectivity index (χ1) is 12.5. The molecule has 0 atom stereocenters. The molecule has 1 heterocycles. The average Bonchev–Trinajstić information content (AvgIpc) is 3.11. The minimum Gasteiger partial charge on any atom is -0.481 e. The molecular formula is C19H15ClN2O3S. The second-order valence-electron chi connectivity index (χ2n) is 5.71. The molecule has 1 aliphatic rings. The Morgan fingerprint density at radius 1 is 1.12 bits per heavy atom. The average molecular weight is 387 g/mol. The Morgan fingerprint density at radius 2 is 1.88 bits per heavy atom. The lowest BCUT2D eigenvalue weighted by atomic mass is 9.99. The smallest absolute Gasteiger partial charge is 0.313 e. The number of hydrogen-bond acceptors (Lipinski definition) is 5. The molecule has 1 N–H and O–H groups in total. The number of thioether (sulfide) groups is 1. The van der Waals surface area contributed by atoms with Gasteiger partial charge in [0.15, 0.2) is 5.78 Å². The van der Waals surface area contributed by atoms with Crippen LogP contribution in [0.2, 0.25) is 5.02 Å². The van der Waals surface area contributed by atoms with Gasteiger partial charge in [-0.1, -0.05) is 53.7 Å². The van der Waals surface area contributed by atoms with Gasteiger partial charge < -0.3 is 5.11 Å². The largest absolute Gasteiger partial charge is 0.481 e. The first-order valence-electron chi connectivity index (χ1n) is 7.87. The Kier molecular flexibility index (Phi) is 5.85. The fourth-order valence-electron chi connectivity index (χ4n) is 2.48. The fourth-order valence-corrected chi connectivity index (χ4v) is 3.23. The minimum atomic E-state index is -0.888. The van der Waals surface area contributed by atoms with Crippen LogP contribution in [0.3, 0.4) is 0 Å². The van der Waals surface area contributed by atoms with E-state index in [-0.39, 0.29) is 11.5 Å². The number of halogens is 1. The first-order valence-corrected chi connectivity index (χ1v) is 9.23. The van der Waals surface area contributed by atoms with E-state index in [4.69, 9.17) is 16.7 Å². The number of ketones is 1. The summed E-state index contributed by atoms with van der Waals surface area (Å²) in [5, 5.41) is 18.2. The molecule has 0 bridgehead atoms. The summed E-state index contributed by atoms with van der Waals surface area (Å²) >= 11 is 7.03. The molecule has 0 aliphatic carbocycles. The zero-order chi connectivity index (χ0) is 18.5. The summed E-state index contributed by atoms with van der Waals surface area (Å²) in [6.45, 7) is 0. The number of carbonyl (C=O) groups excluding carboxylic acids is 1. The van der Waals surface area contributed by atoms with Crippen molar-refractivity contribution in [3.05, 3.63) is 70.2 Å². The zero-order valence-electron chi connectivity index (χ0n) is 13.7. The number of aliphatic carboxylic acids is 1. The Balaban J connectivity index is 1.66. The Bertz CT molecular complexity index is 907. The van der Waals surface area contributed by atoms with E-state index in [9.17, 15) is 9.59 Å². The molecule has 5 nitrogen and oxygen atoms in total. The summed E-state index contributed by atoms with van der Waals surface area (Å²) in [6.07, 6.45) is 0.774. The third-order valence-corrected chi connectivity index (χ3v) is 4.96. The molecule has 0 saturated carbocycles. The summed E-state index contributed by atoms with van der Waals surface area (Å²) in [5.74, 6) is -0.920. The lowest BCUT2D eigenvalue weighted by molar-refractivity contribution is -0.133. The van der Waals surface area contributed by atoms with Crippen LogP contribution in [0.5, 0.6) is 0 Å². The molecule has 0 amide bonds. The number of nitrogens with zero attached hydrogens (tertiary/aromatic N) is 2. The van der Waals surface area contributed by atoms with Crippen LogP contribution >= 0.6 is 23.4 Å². The van der Waals surface area contributed by atoms with Crippen LogP contribution in [0.1, 0.15) is 27.9 Å². The Morgan fingerprint density at radius 3 is 2.62 bits per heavy atom. The summed E-state index contributed by atoms with van der Waals surface area (Å²) in [6, 6.07) is 14.5. The van der Waals surface area contributed by atoms with Gasteiger partial charge in [0.1, 0.15) is 5.04 Å². The van der Waals surface area contributed by atoms with E-state index < -0.39 is 5.97 Å². The highest BCUT2D eigenvalue weighted by Crippen LogP contribution is 2.20. The molecule has 0 saturated heterocycles. The molecule has 0 radical (unpaired) electrons. The van der Waals surface area contributed by atoms with Gasteiger partial charge in [-0.3, -0.25) is 9.59 Å². The topological polar surface area (TPSA) is 79.1 Å². The second-order valence-corrected chi connectivity index (χ2v) is 7.19. The van der Waals surface area contributed by atoms with Gasteiger partial charge >= 0.3 is 5.97 Å². The van der Waals surface area contributed by atoms with Crippen molar-refractivity contribution in [2.45, 2.75) is 12.8 Å². The minimum absolute atomic E-state index is 0.00848. The zero-order valence-corrected chi connectivity index (χ0v) is 15.3. The molecule has 0 spiro atoms. The molecule has 26 heavy (non-hydrogen) atoms. The predicted octanol–water partition coefficient (Wildman–Crippen LogP) is 4.09. The fraction of sp³-hybridized carbons (Fsp3) is 0.158. The Labute approximate surface area is 159 Å². The first kappa shape index (κ1) is 18.4. The number of hydrogen-bond donors (Lipinski definition) is 1. The van der Waals surface area contributed by atoms with Crippen molar-refractivity contribution in [3.63, 3.8) is 0 Å². The molecule has 7 heteroatoms. The summed E-state index contributed by atoms with van der Waals surface area (Å²) < 4.78 is 0. The highest BCUT2D eigenvalue weighted by molar-refractivity contribution is 8.14. The van der Waals surface area contributed by atoms with E-state index in [0.29, 0.717) is 28.5 Å². The number of benzene rings is 2. The van der Waals surface area contributed by atoms with Crippen LogP contribution in [-0.2, 0) is 11.2 Å². The van der Waals surface area contributed by atoms with Gasteiger partial charge in [-0.25, -0.2) is 0 Å². The van der Waals surface area contributed by atoms with Gasteiger partial charge in [0.05, 0.1) is 11.5 Å². The van der Waals surface area contributed by atoms with Crippen LogP contribution < -0.4 is 0 Å². The van der Waals surface area contributed by atoms with Crippen LogP contribution in [0.15, 0.2) is 58.7 Å². The van der Waals surface area contributed by atoms with Gasteiger partial charge in [-0.15, -0.1) is 5.10 Å². The van der Waals surface area contributed by atoms with Gasteiger partial charge in [0.2, 0.25) is 0 Å². The quantitative estimate of drug-likeness (QED) is 0.758. The van der Waals surface area contributed by atoms with Crippen LogP contribution in [0, 0.1) is 0 Å². The summed E-state index contributed by atoms with van der Waals surface area (Å²) in [7, 11) is 0. The predicted molar refractivity (Wildman–Crippen MR) is 105 cm³/mol. The van der Waals surface area contributed by atoms with Gasteiger partial charge in [0.25, 0.3) is 0 Å². The SMILES string of the molecule is O=C(O)CSC1=NN=C(c2cccc(C(=O)Cc3ccc(Cl)cc3)c2)C1. The molecular weight excluding hydrogens is 372 g/mol. The van der Waals surface area contributed by atoms with Gasteiger partial charge in [0, 0.05) is 23.4 Å². The molecule has 132 valence electrons. The monoisotopic (exact) mass is 386 g/mol. The molecule has 3 rings (SSSR count). The van der Waals surface area contributed by atoms with Crippen molar-refractivity contribution < 1.29 is 14.7 Å². The van der Waals surface area contributed by atoms with E-state index in [0.717, 1.165) is 28.6 Å². The van der Waals surface area contributed by atoms with E-state index >= 15 is 0 Å². The van der Waals surface area contributed by atoms with Gasteiger partial charge in [-0.05, 0) is 29.3 Å². The van der Waals surface area contributed by atoms with Crippen molar-refractivity contribution in [1.29, 1.82) is 0 Å². The van der Waals surface area contributed by atoms with Crippen molar-refractivity contribution in [2.75, 3.05) is 5.75 Å². The van der Waals surface area contributed by atoms with Crippen molar-refractivity contribution in [3.8, 4) is 0 Å². The van der Waals surface area contributed by atoms with E-state index in [1.165, 1.54) is 0 Å². The summed E-state index contributed by atoms with van der Waals surface area (Å²) in [4.78, 5) is 23.2. The second kappa shape index (κ2) is 8.29. The third kappa shape index (κ3) is 4.80. The summed E-state index contributed by atoms with van der Waals surface area (Å²) in [5.41, 5.74) is 3.06. The molecule has 2 aromatic carbocycles. The van der Waals surface area contributed by atoms with Crippen LogP contribution in [-0.4, -0.2) is 33.4 Å². The van der Waals surface area contributed by atoms with Crippen molar-refractivity contribution in [2.24, 2.45) is 10.2 Å². The third-order valence-electron chi connectivity index (χ3n) is 3.76. The lowest BCUT2D eigenvalue weighted by Crippen LogP contribution is -2.08. The molecule has 0 aromatic heterocycles. The van der Waals surface area contributed by atoms with E-state index in [1.807, 2.05) is 24.3 Å². The molecule has 0 fully saturated rings. The lowest BCUT2D eigenvalue weighted by Gasteiger charge is -2.05. The number of carboxylic acid groups (broad SMARTS) is 1. The number of Topliss-reactive ketones (excluding diaryl/α,β-unsaturated/α-hetero) is 1. The Hall–Kier alpha value is -2.44. The van der Waals surface area contributed by atoms with Gasteiger partial charge in [-0.2, -0.15) is 5.10 Å². The van der Waals surface area contributed by atoms with Crippen LogP contribution in [0.4, 0.5) is 0 Å². The number of carbonyl (C=O) groups is 2. The maximum Gasteiger partial charge on any atom is 0.313 e. The maximum absolute atomic E-state index is 12.5. The molecule has 0 unspecified atom stereocenters. The van der Waals surface area contributed by atoms with E-state index in [2.05, 4.69) is 10.2 Å². The standard InChI is InChI=1S/C19H15ClN2O3S/c20-15-6-4-12(5-7-15)8-17(23)14-3-1-2-13(9-14)16-10-18(22-21-16)26-11-19(24)25/h1-7,9H,8,10-11H2,(H,24,25). The molecule has 2 aromatic rings. The number of rotatable bonds is 6. The normalized spacial score (nSPS) is 13.3. The highest BCUT2D eigenvalue weighted by atomic mass is 35.5. The van der Waals surface area contributed by atoms with Crippen molar-refractivity contribution in [1.82, 2.24) is 0 Å². The number of carboxylic acids is 1. The van der Waals surface area contributed by atoms with E-state index in [1.54, 1.807) is 24.3 Å².